The van der Waals surface area contributed by atoms with Crippen LogP contribution in [-0.2, 0) is 6.54 Å². The number of anilines is 1. The zero-order chi connectivity index (χ0) is 13.0. The molecule has 0 amide bonds. The minimum Gasteiger partial charge on any atom is -0.497 e. The van der Waals surface area contributed by atoms with Gasteiger partial charge in [0.2, 0.25) is 0 Å². The first-order chi connectivity index (χ1) is 8.70. The van der Waals surface area contributed by atoms with Crippen molar-refractivity contribution in [2.45, 2.75) is 6.54 Å². The lowest BCUT2D eigenvalue weighted by Gasteiger charge is -2.11. The van der Waals surface area contributed by atoms with Crippen LogP contribution in [0.4, 0.5) is 5.82 Å². The predicted molar refractivity (Wildman–Crippen MR) is 73.1 cm³/mol. The van der Waals surface area contributed by atoms with E-state index >= 15 is 0 Å². The molecule has 0 atom stereocenters. The summed E-state index contributed by atoms with van der Waals surface area (Å²) < 4.78 is 7.39. The first-order valence-corrected chi connectivity index (χ1v) is 5.99. The number of ether oxygens (including phenoxy) is 1. The number of hydrogen-bond donors (Lipinski definition) is 0. The van der Waals surface area contributed by atoms with Crippen molar-refractivity contribution in [3.8, 4) is 5.75 Å². The van der Waals surface area contributed by atoms with Crippen LogP contribution in [0.3, 0.4) is 0 Å². The van der Waals surface area contributed by atoms with Crippen molar-refractivity contribution in [1.29, 1.82) is 0 Å². The fourth-order valence-corrected chi connectivity index (χ4v) is 1.93. The van der Waals surface area contributed by atoms with E-state index in [1.165, 1.54) is 11.4 Å². The lowest BCUT2D eigenvalue weighted by atomic mass is 10.2. The highest BCUT2D eigenvalue weighted by atomic mass is 16.5. The maximum Gasteiger partial charge on any atom is 0.276 e. The summed E-state index contributed by atoms with van der Waals surface area (Å²) in [6.45, 7) is 0.859. The predicted octanol–water partition coefficient (Wildman–Crippen LogP) is 2.10. The van der Waals surface area contributed by atoms with Crippen molar-refractivity contribution in [2.24, 2.45) is 0 Å². The monoisotopic (exact) mass is 243 g/mol. The molecule has 1 aromatic heterocycles. The first kappa shape index (κ1) is 12.4. The topological polar surface area (TPSA) is 16.4 Å². The third kappa shape index (κ3) is 2.80. The van der Waals surface area contributed by atoms with E-state index < -0.39 is 0 Å². The molecule has 2 rings (SSSR count). The van der Waals surface area contributed by atoms with Gasteiger partial charge in [0.15, 0.2) is 0 Å². The number of pyridine rings is 1. The van der Waals surface area contributed by atoms with Gasteiger partial charge in [-0.15, -0.1) is 0 Å². The van der Waals surface area contributed by atoms with Crippen LogP contribution in [0.1, 0.15) is 5.56 Å². The first-order valence-electron chi connectivity index (χ1n) is 5.99. The van der Waals surface area contributed by atoms with Crippen molar-refractivity contribution < 1.29 is 9.30 Å². The van der Waals surface area contributed by atoms with E-state index in [0.29, 0.717) is 0 Å². The Morgan fingerprint density at radius 2 is 1.78 bits per heavy atom. The maximum absolute atomic E-state index is 5.17. The lowest BCUT2D eigenvalue weighted by molar-refractivity contribution is -0.675. The van der Waals surface area contributed by atoms with Gasteiger partial charge < -0.3 is 4.74 Å². The van der Waals surface area contributed by atoms with Gasteiger partial charge in [0.05, 0.1) is 27.4 Å². The van der Waals surface area contributed by atoms with E-state index in [2.05, 4.69) is 60.1 Å². The van der Waals surface area contributed by atoms with Crippen LogP contribution in [0.25, 0.3) is 0 Å². The Labute approximate surface area is 108 Å². The Kier molecular flexibility index (Phi) is 3.82. The largest absolute Gasteiger partial charge is 0.497 e. The van der Waals surface area contributed by atoms with Crippen LogP contribution in [0.2, 0.25) is 0 Å². The molecule has 94 valence electrons. The molecule has 0 spiro atoms. The van der Waals surface area contributed by atoms with Gasteiger partial charge in [-0.25, -0.2) is 4.57 Å². The highest BCUT2D eigenvalue weighted by Gasteiger charge is 2.10. The average Bonchev–Trinajstić information content (AvgIpc) is 2.40. The highest BCUT2D eigenvalue weighted by molar-refractivity contribution is 5.30. The fourth-order valence-electron chi connectivity index (χ4n) is 1.93. The third-order valence-electron chi connectivity index (χ3n) is 2.89. The van der Waals surface area contributed by atoms with Crippen LogP contribution in [-0.4, -0.2) is 21.2 Å². The molecule has 0 saturated heterocycles. The normalized spacial score (nSPS) is 10.2. The molecule has 1 aromatic carbocycles. The van der Waals surface area contributed by atoms with E-state index in [-0.39, 0.29) is 0 Å². The van der Waals surface area contributed by atoms with Crippen LogP contribution in [0.15, 0.2) is 48.7 Å². The maximum atomic E-state index is 5.17. The van der Waals surface area contributed by atoms with Crippen LogP contribution >= 0.6 is 0 Å². The molecule has 0 radical (unpaired) electrons. The number of hydrogen-bond acceptors (Lipinski definition) is 2. The Morgan fingerprint density at radius 1 is 1.06 bits per heavy atom. The summed E-state index contributed by atoms with van der Waals surface area (Å²) >= 11 is 0. The molecule has 18 heavy (non-hydrogen) atoms. The van der Waals surface area contributed by atoms with E-state index in [4.69, 9.17) is 4.74 Å². The molecule has 0 bridgehead atoms. The summed E-state index contributed by atoms with van der Waals surface area (Å²) in [7, 11) is 5.80. The quantitative estimate of drug-likeness (QED) is 0.765. The SMILES string of the molecule is COc1ccc(C[n+]2ccccc2N(C)C)cc1. The van der Waals surface area contributed by atoms with Gasteiger partial charge in [0.25, 0.3) is 5.82 Å². The Morgan fingerprint density at radius 3 is 2.39 bits per heavy atom. The molecule has 0 saturated carbocycles. The minimum absolute atomic E-state index is 0.859. The second kappa shape index (κ2) is 5.54. The number of nitrogens with zero attached hydrogens (tertiary/aromatic N) is 2. The van der Waals surface area contributed by atoms with Gasteiger partial charge in [-0.2, -0.15) is 0 Å². The van der Waals surface area contributed by atoms with Crippen molar-refractivity contribution in [1.82, 2.24) is 0 Å². The number of benzene rings is 1. The Bertz CT molecular complexity index is 506. The van der Waals surface area contributed by atoms with Crippen LogP contribution in [0.5, 0.6) is 5.75 Å². The Hall–Kier alpha value is -2.03. The molecular formula is C15H19N2O+. The Balaban J connectivity index is 2.22. The van der Waals surface area contributed by atoms with Crippen LogP contribution < -0.4 is 14.2 Å². The van der Waals surface area contributed by atoms with E-state index in [1.807, 2.05) is 12.1 Å². The average molecular weight is 243 g/mol. The van der Waals surface area contributed by atoms with Gasteiger partial charge >= 0.3 is 0 Å². The summed E-state index contributed by atoms with van der Waals surface area (Å²) in [5, 5.41) is 0. The molecule has 0 fully saturated rings. The number of rotatable bonds is 4. The van der Waals surface area contributed by atoms with E-state index in [0.717, 1.165) is 12.3 Å². The standard InChI is InChI=1S/C15H19N2O/c1-16(2)15-6-4-5-11-17(15)12-13-7-9-14(18-3)10-8-13/h4-11H,12H2,1-3H3/q+1. The van der Waals surface area contributed by atoms with Gasteiger partial charge in [-0.1, -0.05) is 18.2 Å². The molecule has 1 heterocycles. The van der Waals surface area contributed by atoms with Crippen molar-refractivity contribution in [2.75, 3.05) is 26.1 Å². The van der Waals surface area contributed by atoms with E-state index in [1.54, 1.807) is 7.11 Å². The smallest absolute Gasteiger partial charge is 0.276 e. The molecule has 3 nitrogen and oxygen atoms in total. The van der Waals surface area contributed by atoms with E-state index in [9.17, 15) is 0 Å². The lowest BCUT2D eigenvalue weighted by Crippen LogP contribution is -2.39. The van der Waals surface area contributed by atoms with Gasteiger partial charge in [-0.05, 0) is 23.8 Å². The van der Waals surface area contributed by atoms with Crippen molar-refractivity contribution in [3.63, 3.8) is 0 Å². The van der Waals surface area contributed by atoms with Crippen molar-refractivity contribution in [3.05, 3.63) is 54.2 Å². The van der Waals surface area contributed by atoms with Crippen molar-refractivity contribution >= 4 is 5.82 Å². The molecule has 2 aromatic rings. The summed E-state index contributed by atoms with van der Waals surface area (Å²) in [4.78, 5) is 2.11. The molecule has 0 aliphatic carbocycles. The molecule has 0 N–H and O–H groups in total. The number of aromatic nitrogens is 1. The number of methoxy groups -OCH3 is 1. The molecule has 3 heteroatoms. The summed E-state index contributed by atoms with van der Waals surface area (Å²) in [5.41, 5.74) is 1.26. The summed E-state index contributed by atoms with van der Waals surface area (Å²) in [5.74, 6) is 2.08. The fraction of sp³-hybridized carbons (Fsp3) is 0.267. The molecule has 0 unspecified atom stereocenters. The van der Waals surface area contributed by atoms with Gasteiger partial charge in [0, 0.05) is 6.07 Å². The zero-order valence-electron chi connectivity index (χ0n) is 11.1. The summed E-state index contributed by atoms with van der Waals surface area (Å²) in [6.07, 6.45) is 2.10. The highest BCUT2D eigenvalue weighted by Crippen LogP contribution is 2.12. The van der Waals surface area contributed by atoms with Crippen LogP contribution in [0, 0.1) is 0 Å². The van der Waals surface area contributed by atoms with Gasteiger partial charge in [-0.3, -0.25) is 4.90 Å². The zero-order valence-corrected chi connectivity index (χ0v) is 11.1. The molecule has 0 aliphatic heterocycles. The minimum atomic E-state index is 0.859. The second-order valence-electron chi connectivity index (χ2n) is 4.43. The third-order valence-corrected chi connectivity index (χ3v) is 2.89. The molecular weight excluding hydrogens is 224 g/mol. The second-order valence-corrected chi connectivity index (χ2v) is 4.43. The molecule has 0 aliphatic rings. The summed E-state index contributed by atoms with van der Waals surface area (Å²) in [6, 6.07) is 14.4. The van der Waals surface area contributed by atoms with Gasteiger partial charge in [0.1, 0.15) is 12.3 Å².